The molecule has 1 atom stereocenters. The Labute approximate surface area is 320 Å². The third-order valence-electron chi connectivity index (χ3n) is 9.14. The van der Waals surface area contributed by atoms with Crippen LogP contribution < -0.4 is 10.1 Å². The Morgan fingerprint density at radius 2 is 1.72 bits per heavy atom. The van der Waals surface area contributed by atoms with Crippen LogP contribution in [0.25, 0.3) is 11.3 Å². The van der Waals surface area contributed by atoms with E-state index < -0.39 is 63.9 Å². The lowest BCUT2D eigenvalue weighted by Crippen LogP contribution is -2.60. The lowest BCUT2D eigenvalue weighted by atomic mass is 9.90. The second-order valence-electron chi connectivity index (χ2n) is 12.6. The van der Waals surface area contributed by atoms with Crippen molar-refractivity contribution in [1.29, 1.82) is 0 Å². The molecule has 3 aliphatic rings. The van der Waals surface area contributed by atoms with Crippen LogP contribution in [0.1, 0.15) is 36.8 Å². The molecule has 0 unspecified atom stereocenters. The highest BCUT2D eigenvalue weighted by molar-refractivity contribution is 6.36. The number of pyridine rings is 1. The summed E-state index contributed by atoms with van der Waals surface area (Å²) in [5.74, 6) is -4.08. The third-order valence-corrected chi connectivity index (χ3v) is 9.81. The zero-order chi connectivity index (χ0) is 38.3. The lowest BCUT2D eigenvalue weighted by Gasteiger charge is -2.46. The number of halogens is 9. The Kier molecular flexibility index (Phi) is 12.2. The average Bonchev–Trinajstić information content (AvgIpc) is 3.50. The van der Waals surface area contributed by atoms with Gasteiger partial charge in [-0.05, 0) is 44.0 Å². The van der Waals surface area contributed by atoms with Gasteiger partial charge in [0.25, 0.3) is 11.8 Å². The number of benzene rings is 1. The van der Waals surface area contributed by atoms with Crippen LogP contribution in [0, 0.1) is 0 Å². The number of aliphatic hydroxyl groups is 1. The Morgan fingerprint density at radius 1 is 1.04 bits per heavy atom. The van der Waals surface area contributed by atoms with Crippen LogP contribution in [0.2, 0.25) is 10.0 Å². The van der Waals surface area contributed by atoms with Crippen LogP contribution in [-0.2, 0) is 33.2 Å². The van der Waals surface area contributed by atoms with Gasteiger partial charge in [-0.1, -0.05) is 23.2 Å². The molecule has 2 N–H and O–H groups in total. The topological polar surface area (TPSA) is 133 Å². The van der Waals surface area contributed by atoms with Gasteiger partial charge >= 0.3 is 12.4 Å². The fourth-order valence-corrected chi connectivity index (χ4v) is 6.93. The molecule has 2 amide bonds. The van der Waals surface area contributed by atoms with Crippen molar-refractivity contribution in [3.8, 4) is 17.0 Å². The number of alkyl halides is 6. The van der Waals surface area contributed by atoms with E-state index in [0.717, 1.165) is 19.2 Å². The van der Waals surface area contributed by atoms with Crippen molar-refractivity contribution in [2.24, 2.45) is 0 Å². The van der Waals surface area contributed by atoms with Gasteiger partial charge in [0.2, 0.25) is 5.82 Å². The van der Waals surface area contributed by atoms with Gasteiger partial charge < -0.3 is 19.9 Å². The van der Waals surface area contributed by atoms with Crippen LogP contribution in [-0.4, -0.2) is 98.3 Å². The van der Waals surface area contributed by atoms with Crippen molar-refractivity contribution < 1.29 is 50.5 Å². The monoisotopic (exact) mass is 825 g/mol. The first-order chi connectivity index (χ1) is 25.0. The Hall–Kier alpha value is -3.94. The average molecular weight is 827 g/mol. The molecule has 6 rings (SSSR count). The number of nitrogens with one attached hydrogen (secondary N) is 1. The van der Waals surface area contributed by atoms with Crippen LogP contribution >= 0.6 is 35.6 Å². The van der Waals surface area contributed by atoms with Gasteiger partial charge in [0.05, 0.1) is 52.9 Å². The molecule has 21 heteroatoms. The number of anilines is 1. The number of carbonyl (C=O) groups is 2. The fraction of sp³-hybridized carbons (Fsp3) is 0.424. The van der Waals surface area contributed by atoms with E-state index in [9.17, 15) is 41.0 Å². The van der Waals surface area contributed by atoms with Gasteiger partial charge in [-0.25, -0.2) is 15.0 Å². The van der Waals surface area contributed by atoms with Gasteiger partial charge in [0, 0.05) is 43.5 Å². The number of aromatic nitrogens is 3. The molecule has 3 aromatic rings. The van der Waals surface area contributed by atoms with Crippen molar-refractivity contribution >= 4 is 53.1 Å². The zero-order valence-corrected chi connectivity index (χ0v) is 30.6. The van der Waals surface area contributed by atoms with E-state index in [4.69, 9.17) is 32.7 Å². The van der Waals surface area contributed by atoms with E-state index in [0.29, 0.717) is 75.5 Å². The van der Waals surface area contributed by atoms with E-state index in [1.165, 1.54) is 5.01 Å². The van der Waals surface area contributed by atoms with E-state index in [1.807, 2.05) is 0 Å². The number of nitrogens with zero attached hydrogens (tertiary/aromatic N) is 6. The molecule has 2 saturated heterocycles. The minimum absolute atomic E-state index is 0. The number of morpholine rings is 1. The summed E-state index contributed by atoms with van der Waals surface area (Å²) < 4.78 is 91.4. The first-order valence-electron chi connectivity index (χ1n) is 16.2. The largest absolute Gasteiger partial charge is 0.509 e. The first-order valence-corrected chi connectivity index (χ1v) is 17.0. The molecule has 292 valence electrons. The normalized spacial score (nSPS) is 19.8. The van der Waals surface area contributed by atoms with E-state index in [1.54, 1.807) is 24.1 Å². The summed E-state index contributed by atoms with van der Waals surface area (Å²) in [4.78, 5) is 40.1. The molecule has 12 nitrogen and oxygen atoms in total. The highest BCUT2D eigenvalue weighted by Gasteiger charge is 2.53. The van der Waals surface area contributed by atoms with Crippen LogP contribution in [0.4, 0.5) is 32.0 Å². The number of rotatable bonds is 9. The first kappa shape index (κ1) is 41.2. The van der Waals surface area contributed by atoms with Gasteiger partial charge in [0.1, 0.15) is 29.4 Å². The number of hydrazine groups is 1. The van der Waals surface area contributed by atoms with Gasteiger partial charge in [-0.3, -0.25) is 24.5 Å². The molecule has 2 aromatic heterocycles. The number of aliphatic hydroxyl groups excluding tert-OH is 1. The molecule has 0 radical (unpaired) electrons. The maximum atomic E-state index is 14.1. The minimum atomic E-state index is -5.06. The standard InChI is InChI=1S/C33H31Cl2F6N7O5.ClH/c1-31-5-2-6-48(31)47(17-20-21(34)13-19(14-22(20)35)53-12-9-46-7-10-52-11-8-46)29(51)25(27(31)49)28(50)44-23-16-43-30(33(39,40)41)45-26(23)18-3-4-24(42-15-18)32(36,37)38;/h3-4,13-16,49H,2,5-12,17H2,1H3,(H,44,50);1H/t31-;/m1./s1. The second kappa shape index (κ2) is 16.0. The highest BCUT2D eigenvalue weighted by atomic mass is 35.5. The number of hydrogen-bond acceptors (Lipinski definition) is 10. The molecular weight excluding hydrogens is 795 g/mol. The summed E-state index contributed by atoms with van der Waals surface area (Å²) in [6.07, 6.45) is -7.86. The second-order valence-corrected chi connectivity index (χ2v) is 13.4. The fourth-order valence-electron chi connectivity index (χ4n) is 6.35. The quantitative estimate of drug-likeness (QED) is 0.180. The summed E-state index contributed by atoms with van der Waals surface area (Å²) in [7, 11) is 0. The molecule has 1 aromatic carbocycles. The predicted molar refractivity (Wildman–Crippen MR) is 185 cm³/mol. The molecule has 0 saturated carbocycles. The Balaban J connectivity index is 0.00000561. The number of ether oxygens (including phenoxy) is 2. The smallest absolute Gasteiger partial charge is 0.451 e. The molecular formula is C33H32Cl3F6N7O5. The van der Waals surface area contributed by atoms with Crippen LogP contribution in [0.15, 0.2) is 48.0 Å². The van der Waals surface area contributed by atoms with Crippen molar-refractivity contribution in [3.63, 3.8) is 0 Å². The zero-order valence-electron chi connectivity index (χ0n) is 28.2. The van der Waals surface area contributed by atoms with Crippen LogP contribution in [0.3, 0.4) is 0 Å². The summed E-state index contributed by atoms with van der Waals surface area (Å²) in [5.41, 5.74) is -4.48. The van der Waals surface area contributed by atoms with Gasteiger partial charge in [-0.2, -0.15) is 26.3 Å². The number of fused-ring (bicyclic) bond motifs is 1. The van der Waals surface area contributed by atoms with E-state index in [2.05, 4.69) is 25.2 Å². The minimum Gasteiger partial charge on any atom is -0.509 e. The summed E-state index contributed by atoms with van der Waals surface area (Å²) in [6, 6.07) is 4.44. The molecule has 3 aliphatic heterocycles. The van der Waals surface area contributed by atoms with Crippen molar-refractivity contribution in [3.05, 3.63) is 75.1 Å². The SMILES string of the molecule is C[C@]12CCCN1N(Cc1c(Cl)cc(OCCN3CCOCC3)cc1Cl)C(=O)C(C(=O)Nc1cnc(C(F)(F)F)nc1-c1ccc(C(F)(F)F)nc1)=C2O.Cl. The summed E-state index contributed by atoms with van der Waals surface area (Å²) in [6.45, 7) is 5.51. The molecule has 5 heterocycles. The predicted octanol–water partition coefficient (Wildman–Crippen LogP) is 6.58. The van der Waals surface area contributed by atoms with Crippen molar-refractivity contribution in [2.45, 2.75) is 44.2 Å². The summed E-state index contributed by atoms with van der Waals surface area (Å²) >= 11 is 13.3. The molecule has 0 spiro atoms. The van der Waals surface area contributed by atoms with Crippen molar-refractivity contribution in [1.82, 2.24) is 29.9 Å². The number of amides is 2. The number of hydrogen-bond donors (Lipinski definition) is 2. The Bertz CT molecular complexity index is 1910. The maximum absolute atomic E-state index is 14.1. The van der Waals surface area contributed by atoms with E-state index >= 15 is 0 Å². The third kappa shape index (κ3) is 8.48. The van der Waals surface area contributed by atoms with Crippen molar-refractivity contribution in [2.75, 3.05) is 51.3 Å². The molecule has 0 bridgehead atoms. The Morgan fingerprint density at radius 3 is 2.33 bits per heavy atom. The number of carbonyl (C=O) groups excluding carboxylic acids is 2. The molecule has 2 fully saturated rings. The summed E-state index contributed by atoms with van der Waals surface area (Å²) in [5, 5.41) is 16.8. The van der Waals surface area contributed by atoms with Gasteiger partial charge in [-0.15, -0.1) is 12.4 Å². The molecule has 0 aliphatic carbocycles. The highest BCUT2D eigenvalue weighted by Crippen LogP contribution is 2.43. The van der Waals surface area contributed by atoms with Crippen LogP contribution in [0.5, 0.6) is 5.75 Å². The van der Waals surface area contributed by atoms with E-state index in [-0.39, 0.29) is 34.6 Å². The van der Waals surface area contributed by atoms with Gasteiger partial charge in [0.15, 0.2) is 0 Å². The lowest BCUT2D eigenvalue weighted by molar-refractivity contribution is -0.160. The molecule has 54 heavy (non-hydrogen) atoms. The maximum Gasteiger partial charge on any atom is 0.451 e.